The van der Waals surface area contributed by atoms with Crippen molar-refractivity contribution >= 4 is 12.4 Å². The first kappa shape index (κ1) is 11.2. The van der Waals surface area contributed by atoms with Gasteiger partial charge < -0.3 is 5.32 Å². The fourth-order valence-corrected chi connectivity index (χ4v) is 1.99. The van der Waals surface area contributed by atoms with Gasteiger partial charge >= 0.3 is 0 Å². The van der Waals surface area contributed by atoms with Crippen LogP contribution >= 0.6 is 12.4 Å². The average molecular weight is 178 g/mol. The van der Waals surface area contributed by atoms with E-state index in [0.717, 1.165) is 17.9 Å². The molecule has 1 aliphatic carbocycles. The minimum atomic E-state index is 0. The lowest BCUT2D eigenvalue weighted by Crippen LogP contribution is -2.38. The van der Waals surface area contributed by atoms with Gasteiger partial charge in [0.25, 0.3) is 0 Å². The first-order chi connectivity index (χ1) is 4.75. The standard InChI is InChI=1S/C9H19N.ClH/c1-7-5-4-6-9(10-3)8(7)2;/h7-10H,4-6H2,1-3H3;1H. The predicted molar refractivity (Wildman–Crippen MR) is 52.3 cm³/mol. The molecule has 0 amide bonds. The van der Waals surface area contributed by atoms with E-state index in [1.807, 2.05) is 0 Å². The Hall–Kier alpha value is 0.250. The number of nitrogens with one attached hydrogen (secondary N) is 1. The molecule has 3 atom stereocenters. The van der Waals surface area contributed by atoms with Crippen LogP contribution in [0.1, 0.15) is 33.1 Å². The van der Waals surface area contributed by atoms with Crippen LogP contribution in [0.3, 0.4) is 0 Å². The second kappa shape index (κ2) is 5.00. The molecule has 0 aromatic carbocycles. The van der Waals surface area contributed by atoms with Crippen molar-refractivity contribution in [3.63, 3.8) is 0 Å². The van der Waals surface area contributed by atoms with Crippen molar-refractivity contribution in [3.8, 4) is 0 Å². The molecule has 0 heterocycles. The van der Waals surface area contributed by atoms with E-state index in [1.54, 1.807) is 0 Å². The highest BCUT2D eigenvalue weighted by Gasteiger charge is 2.25. The third kappa shape index (κ3) is 2.64. The molecule has 1 aliphatic rings. The first-order valence-corrected chi connectivity index (χ1v) is 4.43. The summed E-state index contributed by atoms with van der Waals surface area (Å²) >= 11 is 0. The van der Waals surface area contributed by atoms with E-state index in [2.05, 4.69) is 26.2 Å². The quantitative estimate of drug-likeness (QED) is 0.649. The highest BCUT2D eigenvalue weighted by atomic mass is 35.5. The first-order valence-electron chi connectivity index (χ1n) is 4.43. The van der Waals surface area contributed by atoms with Gasteiger partial charge in [0.2, 0.25) is 0 Å². The number of hydrogen-bond donors (Lipinski definition) is 1. The summed E-state index contributed by atoms with van der Waals surface area (Å²) in [6.07, 6.45) is 4.22. The molecule has 0 bridgehead atoms. The van der Waals surface area contributed by atoms with E-state index < -0.39 is 0 Å². The monoisotopic (exact) mass is 177 g/mol. The molecule has 1 fully saturated rings. The highest BCUT2D eigenvalue weighted by Crippen LogP contribution is 2.28. The van der Waals surface area contributed by atoms with Gasteiger partial charge in [0.05, 0.1) is 0 Å². The Morgan fingerprint density at radius 1 is 1.18 bits per heavy atom. The summed E-state index contributed by atoms with van der Waals surface area (Å²) in [5.74, 6) is 1.80. The van der Waals surface area contributed by atoms with Crippen LogP contribution in [0.25, 0.3) is 0 Å². The number of hydrogen-bond acceptors (Lipinski definition) is 1. The van der Waals surface area contributed by atoms with Crippen molar-refractivity contribution in [2.75, 3.05) is 7.05 Å². The maximum absolute atomic E-state index is 3.38. The minimum Gasteiger partial charge on any atom is -0.317 e. The van der Waals surface area contributed by atoms with Gasteiger partial charge in [0.15, 0.2) is 0 Å². The summed E-state index contributed by atoms with van der Waals surface area (Å²) < 4.78 is 0. The zero-order valence-corrected chi connectivity index (χ0v) is 8.58. The van der Waals surface area contributed by atoms with Crippen LogP contribution < -0.4 is 5.32 Å². The maximum Gasteiger partial charge on any atom is 0.00922 e. The predicted octanol–water partition coefficient (Wildman–Crippen LogP) is 2.45. The normalized spacial score (nSPS) is 37.9. The molecule has 0 spiro atoms. The summed E-state index contributed by atoms with van der Waals surface area (Å²) in [5.41, 5.74) is 0. The molecule has 1 rings (SSSR count). The lowest BCUT2D eigenvalue weighted by Gasteiger charge is -2.33. The Bertz CT molecular complexity index is 106. The summed E-state index contributed by atoms with van der Waals surface area (Å²) in [7, 11) is 2.08. The van der Waals surface area contributed by atoms with Crippen LogP contribution in [0.5, 0.6) is 0 Å². The van der Waals surface area contributed by atoms with E-state index >= 15 is 0 Å². The van der Waals surface area contributed by atoms with Crippen LogP contribution in [0.2, 0.25) is 0 Å². The third-order valence-corrected chi connectivity index (χ3v) is 3.08. The molecular formula is C9H20ClN. The summed E-state index contributed by atoms with van der Waals surface area (Å²) in [6.45, 7) is 4.74. The van der Waals surface area contributed by atoms with Crippen LogP contribution in [-0.2, 0) is 0 Å². The van der Waals surface area contributed by atoms with Gasteiger partial charge in [-0.2, -0.15) is 0 Å². The topological polar surface area (TPSA) is 12.0 Å². The molecule has 2 heteroatoms. The van der Waals surface area contributed by atoms with Crippen LogP contribution in [0, 0.1) is 11.8 Å². The highest BCUT2D eigenvalue weighted by molar-refractivity contribution is 5.85. The molecule has 0 aromatic rings. The molecular weight excluding hydrogens is 158 g/mol. The summed E-state index contributed by atoms with van der Waals surface area (Å²) in [5, 5.41) is 3.38. The fraction of sp³-hybridized carbons (Fsp3) is 1.00. The maximum atomic E-state index is 3.38. The van der Waals surface area contributed by atoms with Crippen molar-refractivity contribution in [2.45, 2.75) is 39.2 Å². The third-order valence-electron chi connectivity index (χ3n) is 3.08. The van der Waals surface area contributed by atoms with Gasteiger partial charge in [0, 0.05) is 6.04 Å². The Morgan fingerprint density at radius 3 is 2.27 bits per heavy atom. The van der Waals surface area contributed by atoms with Gasteiger partial charge in [0.1, 0.15) is 0 Å². The van der Waals surface area contributed by atoms with E-state index in [-0.39, 0.29) is 12.4 Å². The van der Waals surface area contributed by atoms with Crippen molar-refractivity contribution in [1.82, 2.24) is 5.32 Å². The largest absolute Gasteiger partial charge is 0.317 e. The number of rotatable bonds is 1. The average Bonchev–Trinajstić information content (AvgIpc) is 1.95. The molecule has 0 saturated heterocycles. The molecule has 1 saturated carbocycles. The van der Waals surface area contributed by atoms with E-state index in [1.165, 1.54) is 19.3 Å². The lowest BCUT2D eigenvalue weighted by atomic mass is 9.78. The Kier molecular flexibility index (Phi) is 5.11. The van der Waals surface area contributed by atoms with Gasteiger partial charge in [-0.05, 0) is 25.3 Å². The van der Waals surface area contributed by atoms with Gasteiger partial charge in [-0.25, -0.2) is 0 Å². The molecule has 0 aromatic heterocycles. The molecule has 11 heavy (non-hydrogen) atoms. The van der Waals surface area contributed by atoms with Gasteiger partial charge in [-0.3, -0.25) is 0 Å². The van der Waals surface area contributed by atoms with Gasteiger partial charge in [-0.15, -0.1) is 12.4 Å². The zero-order valence-electron chi connectivity index (χ0n) is 7.76. The molecule has 0 radical (unpaired) electrons. The second-order valence-corrected chi connectivity index (χ2v) is 3.66. The summed E-state index contributed by atoms with van der Waals surface area (Å²) in [6, 6.07) is 0.781. The Balaban J connectivity index is 0.000001000. The molecule has 3 unspecified atom stereocenters. The van der Waals surface area contributed by atoms with Crippen molar-refractivity contribution < 1.29 is 0 Å². The fourth-order valence-electron chi connectivity index (χ4n) is 1.99. The lowest BCUT2D eigenvalue weighted by molar-refractivity contribution is 0.215. The molecule has 1 N–H and O–H groups in total. The van der Waals surface area contributed by atoms with E-state index in [0.29, 0.717) is 0 Å². The van der Waals surface area contributed by atoms with E-state index in [4.69, 9.17) is 0 Å². The van der Waals surface area contributed by atoms with Crippen molar-refractivity contribution in [3.05, 3.63) is 0 Å². The van der Waals surface area contributed by atoms with Crippen LogP contribution in [-0.4, -0.2) is 13.1 Å². The molecule has 68 valence electrons. The Morgan fingerprint density at radius 2 is 1.82 bits per heavy atom. The smallest absolute Gasteiger partial charge is 0.00922 e. The number of halogens is 1. The zero-order chi connectivity index (χ0) is 7.56. The SMILES string of the molecule is CNC1CCCC(C)C1C.Cl. The summed E-state index contributed by atoms with van der Waals surface area (Å²) in [4.78, 5) is 0. The van der Waals surface area contributed by atoms with E-state index in [9.17, 15) is 0 Å². The second-order valence-electron chi connectivity index (χ2n) is 3.66. The van der Waals surface area contributed by atoms with Crippen molar-refractivity contribution in [2.24, 2.45) is 11.8 Å². The van der Waals surface area contributed by atoms with Crippen LogP contribution in [0.4, 0.5) is 0 Å². The molecule has 1 nitrogen and oxygen atoms in total. The van der Waals surface area contributed by atoms with Crippen LogP contribution in [0.15, 0.2) is 0 Å². The van der Waals surface area contributed by atoms with Gasteiger partial charge in [-0.1, -0.05) is 26.7 Å². The minimum absolute atomic E-state index is 0. The molecule has 0 aliphatic heterocycles. The Labute approximate surface area is 76.4 Å². The van der Waals surface area contributed by atoms with Crippen molar-refractivity contribution in [1.29, 1.82) is 0 Å².